The van der Waals surface area contributed by atoms with E-state index in [1.54, 1.807) is 43.3 Å². The molecule has 0 saturated heterocycles. The van der Waals surface area contributed by atoms with Crippen LogP contribution in [0.3, 0.4) is 0 Å². The molecule has 28 heavy (non-hydrogen) atoms. The van der Waals surface area contributed by atoms with E-state index in [9.17, 15) is 9.59 Å². The Labute approximate surface area is 160 Å². The van der Waals surface area contributed by atoms with Crippen molar-refractivity contribution in [2.75, 3.05) is 7.11 Å². The van der Waals surface area contributed by atoms with Gasteiger partial charge in [0.2, 0.25) is 0 Å². The van der Waals surface area contributed by atoms with Gasteiger partial charge in [-0.05, 0) is 48.9 Å². The first kappa shape index (κ1) is 19.0. The van der Waals surface area contributed by atoms with Gasteiger partial charge in [-0.3, -0.25) is 0 Å². The summed E-state index contributed by atoms with van der Waals surface area (Å²) in [6, 6.07) is 14.2. The third-order valence-corrected chi connectivity index (χ3v) is 3.98. The number of carbonyl (C=O) groups excluding carboxylic acids is 2. The first-order chi connectivity index (χ1) is 13.5. The number of hydrogen-bond acceptors (Lipinski definition) is 7. The number of benzene rings is 2. The Morgan fingerprint density at radius 2 is 1.75 bits per heavy atom. The smallest absolute Gasteiger partial charge is 0.412 e. The molecule has 0 radical (unpaired) electrons. The van der Waals surface area contributed by atoms with Crippen LogP contribution in [0.2, 0.25) is 0 Å². The number of aromatic nitrogens is 1. The number of nitrogens with two attached hydrogens (primary N) is 1. The maximum atomic E-state index is 11.4. The van der Waals surface area contributed by atoms with Crippen LogP contribution in [0.15, 0.2) is 53.1 Å². The molecule has 0 bridgehead atoms. The first-order valence-corrected chi connectivity index (χ1v) is 8.32. The van der Waals surface area contributed by atoms with Gasteiger partial charge < -0.3 is 24.5 Å². The highest BCUT2D eigenvalue weighted by Gasteiger charge is 2.16. The monoisotopic (exact) mass is 382 g/mol. The molecule has 2 aromatic carbocycles. The van der Waals surface area contributed by atoms with Gasteiger partial charge in [-0.15, -0.1) is 0 Å². The van der Waals surface area contributed by atoms with E-state index < -0.39 is 6.09 Å². The van der Waals surface area contributed by atoms with Crippen molar-refractivity contribution in [3.8, 4) is 23.0 Å². The highest BCUT2D eigenvalue weighted by atomic mass is 16.7. The molecule has 0 saturated carbocycles. The molecule has 0 aliphatic heterocycles. The molecular formula is C20H18N2O6. The van der Waals surface area contributed by atoms with Crippen molar-refractivity contribution in [2.45, 2.75) is 13.5 Å². The van der Waals surface area contributed by atoms with Crippen LogP contribution in [0.4, 0.5) is 4.79 Å². The Balaban J connectivity index is 1.64. The lowest BCUT2D eigenvalue weighted by atomic mass is 10.1. The van der Waals surface area contributed by atoms with Crippen LogP contribution in [0.5, 0.6) is 11.7 Å². The summed E-state index contributed by atoms with van der Waals surface area (Å²) in [7, 11) is 1.34. The van der Waals surface area contributed by atoms with Gasteiger partial charge in [0.15, 0.2) is 0 Å². The molecule has 0 aliphatic rings. The van der Waals surface area contributed by atoms with E-state index in [2.05, 4.69) is 9.89 Å². The molecule has 1 amide bonds. The van der Waals surface area contributed by atoms with Gasteiger partial charge in [0.25, 0.3) is 0 Å². The molecule has 3 rings (SSSR count). The van der Waals surface area contributed by atoms with E-state index in [0.717, 1.165) is 11.1 Å². The Hall–Kier alpha value is -3.81. The zero-order valence-electron chi connectivity index (χ0n) is 15.3. The second kappa shape index (κ2) is 8.26. The summed E-state index contributed by atoms with van der Waals surface area (Å²) in [6.45, 7) is 2.06. The number of rotatable bonds is 6. The van der Waals surface area contributed by atoms with Gasteiger partial charge in [0, 0.05) is 5.56 Å². The van der Waals surface area contributed by atoms with Crippen molar-refractivity contribution < 1.29 is 28.3 Å². The predicted octanol–water partition coefficient (Wildman–Crippen LogP) is 3.47. The molecule has 144 valence electrons. The molecule has 2 N–H and O–H groups in total. The molecule has 0 fully saturated rings. The Bertz CT molecular complexity index is 977. The normalized spacial score (nSPS) is 10.4. The molecule has 0 unspecified atom stereocenters. The summed E-state index contributed by atoms with van der Waals surface area (Å²) in [6.07, 6.45) is -0.964. The summed E-state index contributed by atoms with van der Waals surface area (Å²) < 4.78 is 20.2. The van der Waals surface area contributed by atoms with Gasteiger partial charge in [-0.2, -0.15) is 0 Å². The minimum atomic E-state index is -0.964. The molecular weight excluding hydrogens is 364 g/mol. The lowest BCUT2D eigenvalue weighted by Crippen LogP contribution is -2.16. The molecule has 0 atom stereocenters. The van der Waals surface area contributed by atoms with E-state index in [-0.39, 0.29) is 11.9 Å². The lowest BCUT2D eigenvalue weighted by molar-refractivity contribution is 0.0600. The van der Waals surface area contributed by atoms with Crippen molar-refractivity contribution >= 4 is 12.1 Å². The van der Waals surface area contributed by atoms with Crippen LogP contribution in [-0.2, 0) is 11.3 Å². The van der Waals surface area contributed by atoms with E-state index in [1.807, 2.05) is 12.1 Å². The molecule has 3 aromatic rings. The van der Waals surface area contributed by atoms with Crippen LogP contribution in [0, 0.1) is 6.92 Å². The topological polar surface area (TPSA) is 114 Å². The average Bonchev–Trinajstić information content (AvgIpc) is 3.06. The van der Waals surface area contributed by atoms with Crippen LogP contribution < -0.4 is 15.2 Å². The minimum Gasteiger partial charge on any atom is -0.489 e. The fourth-order valence-electron chi connectivity index (χ4n) is 2.51. The van der Waals surface area contributed by atoms with Crippen molar-refractivity contribution in [3.05, 3.63) is 65.2 Å². The molecule has 0 aliphatic carbocycles. The summed E-state index contributed by atoms with van der Waals surface area (Å²) >= 11 is 0. The van der Waals surface area contributed by atoms with Crippen molar-refractivity contribution in [1.82, 2.24) is 5.16 Å². The number of hydrogen-bond donors (Lipinski definition) is 1. The van der Waals surface area contributed by atoms with Gasteiger partial charge in [0.05, 0.1) is 18.2 Å². The zero-order chi connectivity index (χ0) is 20.1. The van der Waals surface area contributed by atoms with Gasteiger partial charge >= 0.3 is 18.0 Å². The van der Waals surface area contributed by atoms with Gasteiger partial charge in [-0.25, -0.2) is 9.59 Å². The van der Waals surface area contributed by atoms with Crippen molar-refractivity contribution in [1.29, 1.82) is 0 Å². The maximum Gasteiger partial charge on any atom is 0.412 e. The molecule has 8 heteroatoms. The predicted molar refractivity (Wildman–Crippen MR) is 99.0 cm³/mol. The fraction of sp³-hybridized carbons (Fsp3) is 0.150. The number of esters is 1. The van der Waals surface area contributed by atoms with Gasteiger partial charge in [-0.1, -0.05) is 17.3 Å². The minimum absolute atomic E-state index is 0.0294. The molecule has 1 heterocycles. The SMILES string of the molecule is COC(=O)c1ccc(COc2ccc(-c3noc(OC(N)=O)c3C)cc2)cc1. The van der Waals surface area contributed by atoms with E-state index in [0.29, 0.717) is 29.2 Å². The second-order valence-electron chi connectivity index (χ2n) is 5.87. The summed E-state index contributed by atoms with van der Waals surface area (Å²) in [4.78, 5) is 22.3. The fourth-order valence-corrected chi connectivity index (χ4v) is 2.51. The number of primary amides is 1. The number of amides is 1. The second-order valence-corrected chi connectivity index (χ2v) is 5.87. The van der Waals surface area contributed by atoms with Crippen LogP contribution in [0.25, 0.3) is 11.3 Å². The third-order valence-electron chi connectivity index (χ3n) is 3.98. The summed E-state index contributed by atoms with van der Waals surface area (Å²) in [5.41, 5.74) is 8.27. The average molecular weight is 382 g/mol. The Kier molecular flexibility index (Phi) is 5.59. The molecule has 8 nitrogen and oxygen atoms in total. The van der Waals surface area contributed by atoms with Crippen molar-refractivity contribution in [3.63, 3.8) is 0 Å². The van der Waals surface area contributed by atoms with Gasteiger partial charge in [0.1, 0.15) is 18.1 Å². The Morgan fingerprint density at radius 3 is 2.36 bits per heavy atom. The number of nitrogens with zero attached hydrogens (tertiary/aromatic N) is 1. The quantitative estimate of drug-likeness (QED) is 0.649. The van der Waals surface area contributed by atoms with Crippen molar-refractivity contribution in [2.24, 2.45) is 5.73 Å². The van der Waals surface area contributed by atoms with Crippen LogP contribution in [0.1, 0.15) is 21.5 Å². The number of carbonyl (C=O) groups is 2. The van der Waals surface area contributed by atoms with E-state index >= 15 is 0 Å². The van der Waals surface area contributed by atoms with E-state index in [4.69, 9.17) is 19.7 Å². The van der Waals surface area contributed by atoms with Crippen LogP contribution >= 0.6 is 0 Å². The van der Waals surface area contributed by atoms with Crippen LogP contribution in [-0.4, -0.2) is 24.3 Å². The number of methoxy groups -OCH3 is 1. The standard InChI is InChI=1S/C20H18N2O6/c1-12-17(22-28-19(12)27-20(21)24)14-7-9-16(10-8-14)26-11-13-3-5-15(6-4-13)18(23)25-2/h3-10H,11H2,1-2H3,(H2,21,24). The third kappa shape index (κ3) is 4.29. The molecule has 1 aromatic heterocycles. The van der Waals surface area contributed by atoms with E-state index in [1.165, 1.54) is 7.11 Å². The maximum absolute atomic E-state index is 11.4. The first-order valence-electron chi connectivity index (χ1n) is 8.32. The largest absolute Gasteiger partial charge is 0.489 e. The molecule has 0 spiro atoms. The lowest BCUT2D eigenvalue weighted by Gasteiger charge is -2.07. The number of ether oxygens (including phenoxy) is 3. The zero-order valence-corrected chi connectivity index (χ0v) is 15.3. The Morgan fingerprint density at radius 1 is 1.07 bits per heavy atom. The highest BCUT2D eigenvalue weighted by molar-refractivity contribution is 5.89. The highest BCUT2D eigenvalue weighted by Crippen LogP contribution is 2.30. The summed E-state index contributed by atoms with van der Waals surface area (Å²) in [5, 5.41) is 3.91. The summed E-state index contributed by atoms with van der Waals surface area (Å²) in [5.74, 6) is 0.254.